The van der Waals surface area contributed by atoms with Gasteiger partial charge in [0.2, 0.25) is 5.91 Å². The summed E-state index contributed by atoms with van der Waals surface area (Å²) in [5.74, 6) is -0.0668. The first-order valence-corrected chi connectivity index (χ1v) is 32.4. The Morgan fingerprint density at radius 2 is 0.699 bits per heavy atom. The zero-order valence-electron chi connectivity index (χ0n) is 48.9. The highest BCUT2D eigenvalue weighted by atomic mass is 16.5. The van der Waals surface area contributed by atoms with Crippen LogP contribution >= 0.6 is 0 Å². The van der Waals surface area contributed by atoms with Crippen molar-refractivity contribution in [3.8, 4) is 0 Å². The number of unbranched alkanes of at least 4 members (excludes halogenated alkanes) is 43. The number of rotatable bonds is 60. The maximum absolute atomic E-state index is 12.5. The Labute approximate surface area is 455 Å². The van der Waals surface area contributed by atoms with Gasteiger partial charge in [-0.2, -0.15) is 0 Å². The number of carbonyl (C=O) groups excluding carboxylic acids is 2. The Balaban J connectivity index is 3.40. The Morgan fingerprint density at radius 3 is 1.10 bits per heavy atom. The summed E-state index contributed by atoms with van der Waals surface area (Å²) in [5, 5.41) is 23.1. The monoisotopic (exact) mass is 1020 g/mol. The fourth-order valence-electron chi connectivity index (χ4n) is 9.82. The molecule has 0 aromatic rings. The molecule has 0 heterocycles. The van der Waals surface area contributed by atoms with Crippen LogP contribution in [0.15, 0.2) is 48.6 Å². The third kappa shape index (κ3) is 58.9. The maximum atomic E-state index is 12.5. The highest BCUT2D eigenvalue weighted by Crippen LogP contribution is 2.17. The van der Waals surface area contributed by atoms with Crippen LogP contribution in [0.3, 0.4) is 0 Å². The molecule has 428 valence electrons. The third-order valence-electron chi connectivity index (χ3n) is 14.8. The number of amides is 1. The Hall–Kier alpha value is -2.18. The zero-order valence-corrected chi connectivity index (χ0v) is 48.9. The molecule has 0 aliphatic heterocycles. The summed E-state index contributed by atoms with van der Waals surface area (Å²) < 4.78 is 5.48. The molecule has 0 bridgehead atoms. The molecule has 2 atom stereocenters. The van der Waals surface area contributed by atoms with E-state index in [1.165, 1.54) is 263 Å². The molecule has 1 amide bonds. The van der Waals surface area contributed by atoms with Crippen molar-refractivity contribution in [2.24, 2.45) is 0 Å². The van der Waals surface area contributed by atoms with Crippen LogP contribution in [0.1, 0.15) is 341 Å². The van der Waals surface area contributed by atoms with E-state index in [4.69, 9.17) is 4.74 Å². The van der Waals surface area contributed by atoms with Crippen LogP contribution in [0, 0.1) is 0 Å². The van der Waals surface area contributed by atoms with Gasteiger partial charge >= 0.3 is 5.97 Å². The highest BCUT2D eigenvalue weighted by molar-refractivity contribution is 5.76. The molecule has 0 radical (unpaired) electrons. The molecule has 0 saturated heterocycles. The SMILES string of the molecule is CCCC/C=C\C/C=C\CCCCCCCC(=O)OCCCCCCCCCCCCCC/C=C\CCCCCCCCCCCCCCC(=O)NC(CO)C(O)/C=C/CCCCCCCCCCCCCC. The van der Waals surface area contributed by atoms with Crippen molar-refractivity contribution in [2.75, 3.05) is 13.2 Å². The standard InChI is InChI=1S/C67H125NO5/c1-3-5-7-9-11-13-15-17-35-39-43-47-51-55-59-65(70)64(63-69)68-66(71)60-56-52-48-44-40-36-33-31-29-27-25-23-21-19-20-22-24-26-28-30-32-34-38-42-46-50-54-58-62-73-67(72)61-57-53-49-45-41-37-18-16-14-12-10-8-6-4-2/h10,12,16,18-20,55,59,64-65,69-70H,3-9,11,13-15,17,21-54,56-58,60-63H2,1-2H3,(H,68,71)/b12-10-,18-16-,20-19-,59-55+. The number of aliphatic hydroxyl groups excluding tert-OH is 2. The van der Waals surface area contributed by atoms with Gasteiger partial charge in [0.05, 0.1) is 25.4 Å². The van der Waals surface area contributed by atoms with E-state index in [-0.39, 0.29) is 18.5 Å². The Morgan fingerprint density at radius 1 is 0.384 bits per heavy atom. The summed E-state index contributed by atoms with van der Waals surface area (Å²) >= 11 is 0. The molecule has 6 heteroatoms. The number of ether oxygens (including phenoxy) is 1. The molecule has 0 aromatic heterocycles. The second-order valence-corrected chi connectivity index (χ2v) is 22.1. The van der Waals surface area contributed by atoms with E-state index in [0.29, 0.717) is 19.4 Å². The largest absolute Gasteiger partial charge is 0.466 e. The van der Waals surface area contributed by atoms with Gasteiger partial charge in [0.25, 0.3) is 0 Å². The van der Waals surface area contributed by atoms with Gasteiger partial charge in [-0.1, -0.05) is 294 Å². The van der Waals surface area contributed by atoms with Gasteiger partial charge < -0.3 is 20.3 Å². The number of allylic oxidation sites excluding steroid dienone is 7. The Bertz CT molecular complexity index is 1230. The van der Waals surface area contributed by atoms with Crippen LogP contribution in [0.4, 0.5) is 0 Å². The second kappa shape index (κ2) is 62.4. The van der Waals surface area contributed by atoms with Crippen LogP contribution in [-0.2, 0) is 14.3 Å². The normalized spacial score (nSPS) is 12.9. The minimum atomic E-state index is -0.844. The van der Waals surface area contributed by atoms with E-state index >= 15 is 0 Å². The number of nitrogens with one attached hydrogen (secondary N) is 1. The molecule has 73 heavy (non-hydrogen) atoms. The van der Waals surface area contributed by atoms with Gasteiger partial charge in [-0.25, -0.2) is 0 Å². The molecule has 2 unspecified atom stereocenters. The molecule has 0 aliphatic rings. The average molecular weight is 1020 g/mol. The fraction of sp³-hybridized carbons (Fsp3) is 0.851. The summed E-state index contributed by atoms with van der Waals surface area (Å²) in [6.45, 7) is 4.87. The van der Waals surface area contributed by atoms with Crippen molar-refractivity contribution in [3.05, 3.63) is 48.6 Å². The van der Waals surface area contributed by atoms with Gasteiger partial charge in [-0.3, -0.25) is 9.59 Å². The maximum Gasteiger partial charge on any atom is 0.305 e. The topological polar surface area (TPSA) is 95.9 Å². The van der Waals surface area contributed by atoms with Gasteiger partial charge in [0, 0.05) is 12.8 Å². The smallest absolute Gasteiger partial charge is 0.305 e. The van der Waals surface area contributed by atoms with Crippen LogP contribution in [0.5, 0.6) is 0 Å². The van der Waals surface area contributed by atoms with Gasteiger partial charge in [0.15, 0.2) is 0 Å². The fourth-order valence-corrected chi connectivity index (χ4v) is 9.82. The molecule has 0 aromatic carbocycles. The van der Waals surface area contributed by atoms with Crippen LogP contribution in [0.2, 0.25) is 0 Å². The average Bonchev–Trinajstić information content (AvgIpc) is 3.39. The molecule has 0 fully saturated rings. The van der Waals surface area contributed by atoms with Crippen molar-refractivity contribution >= 4 is 11.9 Å². The lowest BCUT2D eigenvalue weighted by Crippen LogP contribution is -2.45. The summed E-state index contributed by atoms with van der Waals surface area (Å²) in [4.78, 5) is 24.5. The van der Waals surface area contributed by atoms with Crippen LogP contribution in [0.25, 0.3) is 0 Å². The van der Waals surface area contributed by atoms with E-state index in [1.807, 2.05) is 6.08 Å². The van der Waals surface area contributed by atoms with E-state index < -0.39 is 12.1 Å². The molecule has 0 saturated carbocycles. The number of hydrogen-bond acceptors (Lipinski definition) is 5. The van der Waals surface area contributed by atoms with Crippen molar-refractivity contribution in [2.45, 2.75) is 353 Å². The van der Waals surface area contributed by atoms with E-state index in [9.17, 15) is 19.8 Å². The van der Waals surface area contributed by atoms with E-state index in [0.717, 1.165) is 51.4 Å². The number of carbonyl (C=O) groups is 2. The van der Waals surface area contributed by atoms with Crippen molar-refractivity contribution < 1.29 is 24.5 Å². The minimum absolute atomic E-state index is 0.000543. The summed E-state index contributed by atoms with van der Waals surface area (Å²) in [5.41, 5.74) is 0. The van der Waals surface area contributed by atoms with E-state index in [1.54, 1.807) is 6.08 Å². The molecule has 6 nitrogen and oxygen atoms in total. The summed E-state index contributed by atoms with van der Waals surface area (Å²) in [6, 6.07) is -0.628. The predicted octanol–water partition coefficient (Wildman–Crippen LogP) is 20.5. The van der Waals surface area contributed by atoms with Crippen molar-refractivity contribution in [1.82, 2.24) is 5.32 Å². The first-order valence-electron chi connectivity index (χ1n) is 32.4. The molecule has 3 N–H and O–H groups in total. The summed E-state index contributed by atoms with van der Waals surface area (Å²) in [6.07, 6.45) is 80.2. The van der Waals surface area contributed by atoms with E-state index in [2.05, 4.69) is 55.6 Å². The second-order valence-electron chi connectivity index (χ2n) is 22.1. The zero-order chi connectivity index (χ0) is 52.9. The van der Waals surface area contributed by atoms with Crippen molar-refractivity contribution in [1.29, 1.82) is 0 Å². The highest BCUT2D eigenvalue weighted by Gasteiger charge is 2.18. The number of hydrogen-bond donors (Lipinski definition) is 3. The lowest BCUT2D eigenvalue weighted by atomic mass is 10.0. The lowest BCUT2D eigenvalue weighted by molar-refractivity contribution is -0.143. The number of aliphatic hydroxyl groups is 2. The lowest BCUT2D eigenvalue weighted by Gasteiger charge is -2.20. The molecule has 0 aliphatic carbocycles. The van der Waals surface area contributed by atoms with Crippen LogP contribution in [-0.4, -0.2) is 47.4 Å². The van der Waals surface area contributed by atoms with Crippen molar-refractivity contribution in [3.63, 3.8) is 0 Å². The minimum Gasteiger partial charge on any atom is -0.466 e. The first kappa shape index (κ1) is 70.8. The Kier molecular flexibility index (Phi) is 60.5. The molecular weight excluding hydrogens is 899 g/mol. The summed E-state index contributed by atoms with van der Waals surface area (Å²) in [7, 11) is 0. The quantitative estimate of drug-likeness (QED) is 0.0320. The third-order valence-corrected chi connectivity index (χ3v) is 14.8. The first-order chi connectivity index (χ1) is 36.0. The molecular formula is C67H125NO5. The van der Waals surface area contributed by atoms with Gasteiger partial charge in [0.1, 0.15) is 0 Å². The van der Waals surface area contributed by atoms with Crippen LogP contribution < -0.4 is 5.32 Å². The molecule has 0 rings (SSSR count). The molecule has 0 spiro atoms. The number of esters is 1. The van der Waals surface area contributed by atoms with Gasteiger partial charge in [-0.05, 0) is 83.5 Å². The van der Waals surface area contributed by atoms with Gasteiger partial charge in [-0.15, -0.1) is 0 Å². The predicted molar refractivity (Wildman–Crippen MR) is 319 cm³/mol.